The summed E-state index contributed by atoms with van der Waals surface area (Å²) in [5.74, 6) is 1.05. The SMILES string of the molecule is CN(Cc1ccn[nH]1)Cc1ccc2n(c1=O)C[C@H]1C[C@@H]2CN(C(=O)C2CC=CC2)C1. The van der Waals surface area contributed by atoms with E-state index in [1.54, 1.807) is 6.20 Å². The lowest BCUT2D eigenvalue weighted by atomic mass is 9.82. The van der Waals surface area contributed by atoms with Crippen LogP contribution in [0.25, 0.3) is 0 Å². The van der Waals surface area contributed by atoms with Crippen molar-refractivity contribution in [3.05, 3.63) is 63.9 Å². The van der Waals surface area contributed by atoms with Crippen molar-refractivity contribution in [3.8, 4) is 0 Å². The Morgan fingerprint density at radius 1 is 1.17 bits per heavy atom. The summed E-state index contributed by atoms with van der Waals surface area (Å²) < 4.78 is 1.98. The Labute approximate surface area is 176 Å². The molecule has 158 valence electrons. The number of hydrogen-bond donors (Lipinski definition) is 1. The number of allylic oxidation sites excluding steroid dienone is 2. The second kappa shape index (κ2) is 7.87. The lowest BCUT2D eigenvalue weighted by Crippen LogP contribution is -2.50. The van der Waals surface area contributed by atoms with Gasteiger partial charge in [-0.05, 0) is 44.4 Å². The number of H-pyrrole nitrogens is 1. The van der Waals surface area contributed by atoms with Crippen LogP contribution in [0.2, 0.25) is 0 Å². The van der Waals surface area contributed by atoms with Crippen LogP contribution in [-0.4, -0.2) is 50.6 Å². The zero-order chi connectivity index (χ0) is 20.7. The van der Waals surface area contributed by atoms with E-state index in [1.165, 1.54) is 0 Å². The largest absolute Gasteiger partial charge is 0.341 e. The molecule has 7 nitrogen and oxygen atoms in total. The number of piperidine rings is 1. The zero-order valence-corrected chi connectivity index (χ0v) is 17.5. The van der Waals surface area contributed by atoms with E-state index < -0.39 is 0 Å². The number of fused-ring (bicyclic) bond motifs is 4. The molecule has 0 radical (unpaired) electrons. The number of amides is 1. The van der Waals surface area contributed by atoms with Crippen LogP contribution in [0.1, 0.15) is 42.1 Å². The number of aromatic amines is 1. The fraction of sp³-hybridized carbons (Fsp3) is 0.522. The minimum Gasteiger partial charge on any atom is -0.341 e. The summed E-state index contributed by atoms with van der Waals surface area (Å²) in [5.41, 5.74) is 3.08. The molecule has 5 rings (SSSR count). The molecule has 1 aliphatic carbocycles. The van der Waals surface area contributed by atoms with Crippen molar-refractivity contribution in [3.63, 3.8) is 0 Å². The third-order valence-electron chi connectivity index (χ3n) is 6.79. The molecule has 3 aliphatic rings. The summed E-state index contributed by atoms with van der Waals surface area (Å²) in [6, 6.07) is 6.05. The average Bonchev–Trinajstić information content (AvgIpc) is 3.44. The molecule has 4 heterocycles. The highest BCUT2D eigenvalue weighted by molar-refractivity contribution is 5.80. The van der Waals surface area contributed by atoms with Gasteiger partial charge in [-0.2, -0.15) is 5.10 Å². The predicted molar refractivity (Wildman–Crippen MR) is 114 cm³/mol. The van der Waals surface area contributed by atoms with Crippen LogP contribution in [0.5, 0.6) is 0 Å². The maximum absolute atomic E-state index is 13.2. The van der Waals surface area contributed by atoms with Gasteiger partial charge in [-0.15, -0.1) is 0 Å². The van der Waals surface area contributed by atoms with E-state index in [0.29, 0.717) is 18.4 Å². The minimum absolute atomic E-state index is 0.124. The van der Waals surface area contributed by atoms with Crippen molar-refractivity contribution in [2.75, 3.05) is 20.1 Å². The van der Waals surface area contributed by atoms with Gasteiger partial charge in [0.05, 0.1) is 0 Å². The standard InChI is InChI=1S/C23H29N5O2/c1-26(15-20-8-9-24-25-20)13-18-6-7-21-19-10-16(12-28(21)23(18)30)11-27(14-19)22(29)17-4-2-3-5-17/h2-3,6-9,16-17,19H,4-5,10-15H2,1H3,(H,24,25)/t16-,19+/m0/s1. The van der Waals surface area contributed by atoms with Gasteiger partial charge in [0.2, 0.25) is 5.91 Å². The van der Waals surface area contributed by atoms with Crippen LogP contribution in [0.4, 0.5) is 0 Å². The highest BCUT2D eigenvalue weighted by Crippen LogP contribution is 2.36. The van der Waals surface area contributed by atoms with Crippen LogP contribution in [0.15, 0.2) is 41.3 Å². The molecule has 2 aromatic rings. The molecule has 1 fully saturated rings. The number of nitrogens with one attached hydrogen (secondary N) is 1. The van der Waals surface area contributed by atoms with Gasteiger partial charge >= 0.3 is 0 Å². The van der Waals surface area contributed by atoms with E-state index >= 15 is 0 Å². The number of likely N-dealkylation sites (tertiary alicyclic amines) is 1. The minimum atomic E-state index is 0.124. The van der Waals surface area contributed by atoms with Crippen LogP contribution >= 0.6 is 0 Å². The van der Waals surface area contributed by atoms with Gasteiger partial charge in [0.1, 0.15) is 0 Å². The van der Waals surface area contributed by atoms with Crippen molar-refractivity contribution in [1.82, 2.24) is 24.6 Å². The van der Waals surface area contributed by atoms with Gasteiger partial charge in [-0.3, -0.25) is 19.6 Å². The number of aromatic nitrogens is 3. The summed E-state index contributed by atoms with van der Waals surface area (Å²) >= 11 is 0. The Hall–Kier alpha value is -2.67. The molecule has 1 amide bonds. The smallest absolute Gasteiger partial charge is 0.255 e. The van der Waals surface area contributed by atoms with E-state index in [-0.39, 0.29) is 17.4 Å². The second-order valence-corrected chi connectivity index (χ2v) is 9.13. The summed E-state index contributed by atoms with van der Waals surface area (Å²) in [7, 11) is 2.01. The van der Waals surface area contributed by atoms with Crippen molar-refractivity contribution in [2.45, 2.75) is 44.8 Å². The Bertz CT molecular complexity index is 1000. The normalized spacial score (nSPS) is 23.2. The second-order valence-electron chi connectivity index (χ2n) is 9.13. The maximum Gasteiger partial charge on any atom is 0.255 e. The highest BCUT2D eigenvalue weighted by atomic mass is 16.2. The maximum atomic E-state index is 13.2. The van der Waals surface area contributed by atoms with Gasteiger partial charge in [-0.25, -0.2) is 0 Å². The van der Waals surface area contributed by atoms with E-state index in [1.807, 2.05) is 23.7 Å². The van der Waals surface area contributed by atoms with Crippen LogP contribution in [0.3, 0.4) is 0 Å². The van der Waals surface area contributed by atoms with E-state index in [0.717, 1.165) is 62.4 Å². The zero-order valence-electron chi connectivity index (χ0n) is 17.5. The molecule has 0 aromatic carbocycles. The third-order valence-corrected chi connectivity index (χ3v) is 6.79. The lowest BCUT2D eigenvalue weighted by molar-refractivity contribution is -0.138. The fourth-order valence-corrected chi connectivity index (χ4v) is 5.38. The van der Waals surface area contributed by atoms with Crippen molar-refractivity contribution >= 4 is 5.91 Å². The topological polar surface area (TPSA) is 74.2 Å². The van der Waals surface area contributed by atoms with E-state index in [4.69, 9.17) is 0 Å². The summed E-state index contributed by atoms with van der Waals surface area (Å²) in [6.45, 7) is 3.56. The van der Waals surface area contributed by atoms with Gasteiger partial charge in [0.15, 0.2) is 0 Å². The average molecular weight is 408 g/mol. The number of carbonyl (C=O) groups is 1. The third kappa shape index (κ3) is 3.62. The lowest BCUT2D eigenvalue weighted by Gasteiger charge is -2.43. The number of pyridine rings is 1. The molecule has 0 saturated carbocycles. The van der Waals surface area contributed by atoms with E-state index in [2.05, 4.69) is 38.2 Å². The highest BCUT2D eigenvalue weighted by Gasteiger charge is 2.38. The number of hydrogen-bond acceptors (Lipinski definition) is 4. The van der Waals surface area contributed by atoms with Gasteiger partial charge in [-0.1, -0.05) is 18.2 Å². The Kier molecular flexibility index (Phi) is 5.06. The molecule has 2 atom stereocenters. The molecular weight excluding hydrogens is 378 g/mol. The number of nitrogens with zero attached hydrogens (tertiary/aromatic N) is 4. The Morgan fingerprint density at radius 3 is 2.77 bits per heavy atom. The molecular formula is C23H29N5O2. The fourth-order valence-electron chi connectivity index (χ4n) is 5.38. The van der Waals surface area contributed by atoms with Gasteiger partial charge in [0, 0.05) is 67.7 Å². The molecule has 30 heavy (non-hydrogen) atoms. The molecule has 7 heteroatoms. The number of carbonyl (C=O) groups excluding carboxylic acids is 1. The first kappa shape index (κ1) is 19.3. The van der Waals surface area contributed by atoms with Crippen molar-refractivity contribution in [1.29, 1.82) is 0 Å². The molecule has 1 saturated heterocycles. The van der Waals surface area contributed by atoms with Gasteiger partial charge in [0.25, 0.3) is 5.56 Å². The Morgan fingerprint density at radius 2 is 2.00 bits per heavy atom. The molecule has 2 aromatic heterocycles. The molecule has 0 unspecified atom stereocenters. The van der Waals surface area contributed by atoms with Crippen LogP contribution in [-0.2, 0) is 24.4 Å². The molecule has 0 spiro atoms. The van der Waals surface area contributed by atoms with E-state index in [9.17, 15) is 9.59 Å². The summed E-state index contributed by atoms with van der Waals surface area (Å²) in [6.07, 6.45) is 8.80. The van der Waals surface area contributed by atoms with Crippen LogP contribution < -0.4 is 5.56 Å². The molecule has 2 bridgehead atoms. The monoisotopic (exact) mass is 407 g/mol. The number of rotatable bonds is 5. The summed E-state index contributed by atoms with van der Waals surface area (Å²) in [5, 5.41) is 6.95. The molecule has 2 aliphatic heterocycles. The predicted octanol–water partition coefficient (Wildman–Crippen LogP) is 2.12. The van der Waals surface area contributed by atoms with Crippen molar-refractivity contribution in [2.24, 2.45) is 11.8 Å². The first-order chi connectivity index (χ1) is 14.6. The van der Waals surface area contributed by atoms with Crippen LogP contribution in [0, 0.1) is 11.8 Å². The Balaban J connectivity index is 1.32. The van der Waals surface area contributed by atoms with Crippen molar-refractivity contribution < 1.29 is 4.79 Å². The van der Waals surface area contributed by atoms with Gasteiger partial charge < -0.3 is 9.47 Å². The molecule has 1 N–H and O–H groups in total. The quantitative estimate of drug-likeness (QED) is 0.771. The first-order valence-electron chi connectivity index (χ1n) is 10.9. The first-order valence-corrected chi connectivity index (χ1v) is 10.9. The summed E-state index contributed by atoms with van der Waals surface area (Å²) in [4.78, 5) is 30.3.